The fourth-order valence-electron chi connectivity index (χ4n) is 5.16. The first-order chi connectivity index (χ1) is 15.4. The fourth-order valence-corrected chi connectivity index (χ4v) is 5.87. The molecule has 4 rings (SSSR count). The molecule has 1 atom stereocenters. The molecule has 0 aliphatic heterocycles. The Hall–Kier alpha value is -2.54. The standard InChI is InChI=1S/C25H32N4O2S/c1-15-13-21(32-4)20(24(30)28-15)14-27-25(31)22-17(3)29(23-19(22)11-8-12-26-23)16(2)18-9-6-5-7-10-18/h8,11-13,16,18H,5-7,9-10,14H2,1-4H3,(H,27,31)(H,28,30). The quantitative estimate of drug-likeness (QED) is 0.508. The fraction of sp³-hybridized carbons (Fsp3) is 0.480. The van der Waals surface area contributed by atoms with Crippen LogP contribution in [0.5, 0.6) is 0 Å². The average molecular weight is 453 g/mol. The highest BCUT2D eigenvalue weighted by atomic mass is 32.2. The Labute approximate surface area is 193 Å². The van der Waals surface area contributed by atoms with E-state index < -0.39 is 0 Å². The second kappa shape index (κ2) is 9.53. The zero-order chi connectivity index (χ0) is 22.8. The number of carbonyl (C=O) groups excluding carboxylic acids is 1. The molecule has 0 bridgehead atoms. The molecule has 3 aromatic heterocycles. The number of hydrogen-bond acceptors (Lipinski definition) is 4. The number of aromatic nitrogens is 3. The summed E-state index contributed by atoms with van der Waals surface area (Å²) in [5.74, 6) is 0.438. The number of aryl methyl sites for hydroxylation is 1. The maximum Gasteiger partial charge on any atom is 0.254 e. The Kier molecular flexibility index (Phi) is 6.74. The molecule has 0 aromatic carbocycles. The van der Waals surface area contributed by atoms with Gasteiger partial charge in [-0.15, -0.1) is 11.8 Å². The van der Waals surface area contributed by atoms with Gasteiger partial charge in [0.15, 0.2) is 0 Å². The zero-order valence-electron chi connectivity index (χ0n) is 19.3. The molecule has 3 heterocycles. The highest BCUT2D eigenvalue weighted by Gasteiger charge is 2.28. The van der Waals surface area contributed by atoms with Crippen molar-refractivity contribution in [3.8, 4) is 0 Å². The van der Waals surface area contributed by atoms with Crippen molar-refractivity contribution in [1.82, 2.24) is 19.9 Å². The molecule has 1 amide bonds. The van der Waals surface area contributed by atoms with Gasteiger partial charge in [-0.05, 0) is 64.0 Å². The zero-order valence-corrected chi connectivity index (χ0v) is 20.1. The second-order valence-corrected chi connectivity index (χ2v) is 9.70. The van der Waals surface area contributed by atoms with Crippen LogP contribution in [0.4, 0.5) is 0 Å². The predicted molar refractivity (Wildman–Crippen MR) is 131 cm³/mol. The SMILES string of the molecule is CSc1cc(C)[nH]c(=O)c1CNC(=O)c1c(C)n(C(C)C2CCCCC2)c2ncccc12. The first-order valence-electron chi connectivity index (χ1n) is 11.4. The molecule has 1 saturated carbocycles. The van der Waals surface area contributed by atoms with Gasteiger partial charge in [0.1, 0.15) is 5.65 Å². The Morgan fingerprint density at radius 2 is 2.06 bits per heavy atom. The Bertz CT molecular complexity index is 1190. The van der Waals surface area contributed by atoms with E-state index in [0.717, 1.165) is 27.3 Å². The first-order valence-corrected chi connectivity index (χ1v) is 12.6. The molecule has 7 heteroatoms. The third-order valence-corrected chi connectivity index (χ3v) is 7.65. The van der Waals surface area contributed by atoms with E-state index in [1.807, 2.05) is 38.3 Å². The van der Waals surface area contributed by atoms with Crippen molar-refractivity contribution in [2.45, 2.75) is 70.4 Å². The van der Waals surface area contributed by atoms with Gasteiger partial charge in [0.05, 0.1) is 5.56 Å². The van der Waals surface area contributed by atoms with Crippen LogP contribution in [0.25, 0.3) is 11.0 Å². The molecule has 1 unspecified atom stereocenters. The molecule has 6 nitrogen and oxygen atoms in total. The molecule has 170 valence electrons. The summed E-state index contributed by atoms with van der Waals surface area (Å²) in [6.07, 6.45) is 10.1. The number of pyridine rings is 2. The number of nitrogens with one attached hydrogen (secondary N) is 2. The first kappa shape index (κ1) is 22.6. The van der Waals surface area contributed by atoms with Gasteiger partial charge in [-0.1, -0.05) is 19.3 Å². The summed E-state index contributed by atoms with van der Waals surface area (Å²) in [7, 11) is 0. The van der Waals surface area contributed by atoms with Crippen LogP contribution < -0.4 is 10.9 Å². The minimum atomic E-state index is -0.165. The maximum absolute atomic E-state index is 13.4. The van der Waals surface area contributed by atoms with E-state index in [1.54, 1.807) is 6.20 Å². The predicted octanol–water partition coefficient (Wildman–Crippen LogP) is 5.13. The van der Waals surface area contributed by atoms with Crippen molar-refractivity contribution < 1.29 is 4.79 Å². The monoisotopic (exact) mass is 452 g/mol. The van der Waals surface area contributed by atoms with Gasteiger partial charge in [-0.25, -0.2) is 4.98 Å². The minimum absolute atomic E-state index is 0.151. The van der Waals surface area contributed by atoms with Gasteiger partial charge in [0.2, 0.25) is 0 Å². The number of fused-ring (bicyclic) bond motifs is 1. The lowest BCUT2D eigenvalue weighted by Crippen LogP contribution is -2.28. The van der Waals surface area contributed by atoms with Crippen LogP contribution in [0.3, 0.4) is 0 Å². The molecule has 1 aliphatic carbocycles. The van der Waals surface area contributed by atoms with Crippen molar-refractivity contribution in [2.75, 3.05) is 6.26 Å². The minimum Gasteiger partial charge on any atom is -0.348 e. The molecule has 0 radical (unpaired) electrons. The van der Waals surface area contributed by atoms with Crippen molar-refractivity contribution in [3.63, 3.8) is 0 Å². The number of aromatic amines is 1. The molecule has 1 aliphatic rings. The number of nitrogens with zero attached hydrogens (tertiary/aromatic N) is 2. The summed E-state index contributed by atoms with van der Waals surface area (Å²) in [5.41, 5.74) is 3.72. The number of rotatable bonds is 6. The largest absolute Gasteiger partial charge is 0.348 e. The van der Waals surface area contributed by atoms with Crippen molar-refractivity contribution in [2.24, 2.45) is 5.92 Å². The summed E-state index contributed by atoms with van der Waals surface area (Å²) in [6.45, 7) is 6.33. The summed E-state index contributed by atoms with van der Waals surface area (Å²) in [6, 6.07) is 6.09. The summed E-state index contributed by atoms with van der Waals surface area (Å²) >= 11 is 1.52. The Morgan fingerprint density at radius 3 is 2.78 bits per heavy atom. The van der Waals surface area contributed by atoms with Crippen LogP contribution in [0.1, 0.15) is 72.4 Å². The Morgan fingerprint density at radius 1 is 1.31 bits per heavy atom. The molecule has 0 saturated heterocycles. The van der Waals surface area contributed by atoms with Crippen LogP contribution in [0, 0.1) is 19.8 Å². The normalized spacial score (nSPS) is 15.8. The lowest BCUT2D eigenvalue weighted by Gasteiger charge is -2.30. The van der Waals surface area contributed by atoms with Gasteiger partial charge in [0, 0.05) is 46.0 Å². The van der Waals surface area contributed by atoms with E-state index in [-0.39, 0.29) is 24.1 Å². The van der Waals surface area contributed by atoms with Gasteiger partial charge in [0.25, 0.3) is 11.5 Å². The van der Waals surface area contributed by atoms with E-state index in [9.17, 15) is 9.59 Å². The molecule has 0 spiro atoms. The van der Waals surface area contributed by atoms with E-state index in [4.69, 9.17) is 0 Å². The summed E-state index contributed by atoms with van der Waals surface area (Å²) in [5, 5.41) is 3.87. The third kappa shape index (κ3) is 4.22. The van der Waals surface area contributed by atoms with E-state index >= 15 is 0 Å². The van der Waals surface area contributed by atoms with E-state index in [0.29, 0.717) is 17.0 Å². The highest BCUT2D eigenvalue weighted by molar-refractivity contribution is 7.98. The van der Waals surface area contributed by atoms with Gasteiger partial charge < -0.3 is 14.9 Å². The molecule has 2 N–H and O–H groups in total. The number of thioether (sulfide) groups is 1. The lowest BCUT2D eigenvalue weighted by atomic mass is 9.84. The third-order valence-electron chi connectivity index (χ3n) is 6.85. The van der Waals surface area contributed by atoms with Gasteiger partial charge in [-0.3, -0.25) is 9.59 Å². The van der Waals surface area contributed by atoms with Crippen LogP contribution in [0.15, 0.2) is 34.1 Å². The number of carbonyl (C=O) groups is 1. The summed E-state index contributed by atoms with van der Waals surface area (Å²) < 4.78 is 2.26. The average Bonchev–Trinajstić information content (AvgIpc) is 3.09. The molecule has 1 fully saturated rings. The van der Waals surface area contributed by atoms with Crippen LogP contribution >= 0.6 is 11.8 Å². The maximum atomic E-state index is 13.4. The number of hydrogen-bond donors (Lipinski definition) is 2. The van der Waals surface area contributed by atoms with Gasteiger partial charge in [-0.2, -0.15) is 0 Å². The molecular weight excluding hydrogens is 420 g/mol. The summed E-state index contributed by atoms with van der Waals surface area (Å²) in [4.78, 5) is 34.2. The Balaban J connectivity index is 1.67. The number of H-pyrrole nitrogens is 1. The second-order valence-electron chi connectivity index (χ2n) is 8.85. The molecule has 32 heavy (non-hydrogen) atoms. The van der Waals surface area contributed by atoms with E-state index in [1.165, 1.54) is 43.9 Å². The number of amides is 1. The lowest BCUT2D eigenvalue weighted by molar-refractivity contribution is 0.0951. The van der Waals surface area contributed by atoms with Crippen molar-refractivity contribution in [3.05, 3.63) is 57.3 Å². The highest BCUT2D eigenvalue weighted by Crippen LogP contribution is 2.37. The van der Waals surface area contributed by atoms with Crippen molar-refractivity contribution >= 4 is 28.7 Å². The van der Waals surface area contributed by atoms with Crippen LogP contribution in [-0.4, -0.2) is 26.7 Å². The van der Waals surface area contributed by atoms with Crippen LogP contribution in [0.2, 0.25) is 0 Å². The van der Waals surface area contributed by atoms with Gasteiger partial charge >= 0.3 is 0 Å². The van der Waals surface area contributed by atoms with E-state index in [2.05, 4.69) is 26.8 Å². The smallest absolute Gasteiger partial charge is 0.254 e. The van der Waals surface area contributed by atoms with Crippen LogP contribution in [-0.2, 0) is 6.54 Å². The van der Waals surface area contributed by atoms with Crippen molar-refractivity contribution in [1.29, 1.82) is 0 Å². The molecule has 3 aromatic rings. The molecular formula is C25H32N4O2S. The topological polar surface area (TPSA) is 79.8 Å².